The zero-order valence-electron chi connectivity index (χ0n) is 18.6. The lowest BCUT2D eigenvalue weighted by molar-refractivity contribution is 0.300. The fourth-order valence-corrected chi connectivity index (χ4v) is 3.34. The second-order valence-corrected chi connectivity index (χ2v) is 7.50. The Balaban J connectivity index is 1.39. The summed E-state index contributed by atoms with van der Waals surface area (Å²) in [5.74, 6) is 1.30. The zero-order valence-corrected chi connectivity index (χ0v) is 18.6. The van der Waals surface area contributed by atoms with Crippen LogP contribution in [0.5, 0.6) is 11.5 Å². The predicted molar refractivity (Wildman–Crippen MR) is 124 cm³/mol. The molecule has 0 saturated carbocycles. The maximum absolute atomic E-state index is 8.65. The number of unbranched alkanes of at least 4 members (excludes halogenated alkanes) is 9. The maximum atomic E-state index is 8.65. The molecule has 0 bridgehead atoms. The molecule has 8 nitrogen and oxygen atoms in total. The molecule has 0 aliphatic heterocycles. The van der Waals surface area contributed by atoms with Crippen molar-refractivity contribution in [1.82, 2.24) is 9.97 Å². The maximum Gasteiger partial charge on any atom is 0.146 e. The third-order valence-corrected chi connectivity index (χ3v) is 5.01. The molecular weight excluding hydrogens is 408 g/mol. The van der Waals surface area contributed by atoms with E-state index in [0.717, 1.165) is 25.7 Å². The molecular formula is C24H34N4O4. The van der Waals surface area contributed by atoms with Gasteiger partial charge in [-0.1, -0.05) is 61.7 Å². The highest BCUT2D eigenvalue weighted by Crippen LogP contribution is 2.16. The van der Waals surface area contributed by atoms with Crippen molar-refractivity contribution in [1.29, 1.82) is 0 Å². The number of hydrogen-bond acceptors (Lipinski definition) is 8. The first kappa shape index (κ1) is 25.1. The summed E-state index contributed by atoms with van der Waals surface area (Å²) in [4.78, 5) is 8.23. The number of oxime groups is 2. The molecule has 2 aromatic rings. The van der Waals surface area contributed by atoms with Gasteiger partial charge in [0.15, 0.2) is 0 Å². The topological polar surface area (TPSA) is 109 Å². The first-order valence-electron chi connectivity index (χ1n) is 11.4. The molecule has 2 heterocycles. The molecule has 0 radical (unpaired) electrons. The molecule has 174 valence electrons. The molecule has 8 heteroatoms. The van der Waals surface area contributed by atoms with Gasteiger partial charge in [0, 0.05) is 12.4 Å². The summed E-state index contributed by atoms with van der Waals surface area (Å²) in [7, 11) is 0. The number of nitrogens with zero attached hydrogens (tertiary/aromatic N) is 4. The van der Waals surface area contributed by atoms with Crippen LogP contribution in [0.15, 0.2) is 47.0 Å². The molecule has 32 heavy (non-hydrogen) atoms. The summed E-state index contributed by atoms with van der Waals surface area (Å²) >= 11 is 0. The third kappa shape index (κ3) is 10.2. The molecule has 2 N–H and O–H groups in total. The van der Waals surface area contributed by atoms with E-state index in [1.165, 1.54) is 51.0 Å². The smallest absolute Gasteiger partial charge is 0.146 e. The standard InChI is InChI=1S/C24H34N4O4/c29-27-19-21-23(13-11-15-25-21)31-17-9-7-5-3-1-2-4-6-8-10-18-32-24-14-12-16-26-22(24)20-28-30/h11-16,19-20,29-30H,1-10,17-18H2/b27-19-,28-20-. The lowest BCUT2D eigenvalue weighted by Crippen LogP contribution is -2.01. The quantitative estimate of drug-likeness (QED) is 0.146. The fraction of sp³-hybridized carbons (Fsp3) is 0.500. The summed E-state index contributed by atoms with van der Waals surface area (Å²) in [6.07, 6.45) is 17.7. The number of ether oxygens (including phenoxy) is 2. The SMILES string of the molecule is O/N=C\c1ncccc1OCCCCCCCCCCCCOc1cccnc1/C=N\O. The van der Waals surface area contributed by atoms with Gasteiger partial charge in [-0.2, -0.15) is 0 Å². The highest BCUT2D eigenvalue weighted by molar-refractivity contribution is 5.80. The molecule has 0 aromatic carbocycles. The van der Waals surface area contributed by atoms with E-state index in [1.54, 1.807) is 12.4 Å². The van der Waals surface area contributed by atoms with Crippen LogP contribution >= 0.6 is 0 Å². The summed E-state index contributed by atoms with van der Waals surface area (Å²) in [6, 6.07) is 7.28. The van der Waals surface area contributed by atoms with Gasteiger partial charge in [-0.05, 0) is 37.1 Å². The Morgan fingerprint density at radius 1 is 0.625 bits per heavy atom. The van der Waals surface area contributed by atoms with Crippen LogP contribution in [0.3, 0.4) is 0 Å². The Kier molecular flexibility index (Phi) is 13.0. The van der Waals surface area contributed by atoms with Crippen LogP contribution in [0.1, 0.15) is 75.6 Å². The number of aromatic nitrogens is 2. The highest BCUT2D eigenvalue weighted by atomic mass is 16.5. The minimum Gasteiger partial charge on any atom is -0.491 e. The lowest BCUT2D eigenvalue weighted by atomic mass is 10.1. The predicted octanol–water partition coefficient (Wildman–Crippen LogP) is 5.45. The van der Waals surface area contributed by atoms with Gasteiger partial charge in [-0.3, -0.25) is 9.97 Å². The Bertz CT molecular complexity index is 747. The van der Waals surface area contributed by atoms with E-state index in [0.29, 0.717) is 36.1 Å². The van der Waals surface area contributed by atoms with E-state index in [4.69, 9.17) is 19.9 Å². The van der Waals surface area contributed by atoms with Crippen molar-refractivity contribution in [3.63, 3.8) is 0 Å². The van der Waals surface area contributed by atoms with E-state index < -0.39 is 0 Å². The van der Waals surface area contributed by atoms with Crippen molar-refractivity contribution in [2.24, 2.45) is 10.3 Å². The molecule has 0 spiro atoms. The second kappa shape index (κ2) is 16.5. The van der Waals surface area contributed by atoms with Crippen molar-refractivity contribution >= 4 is 12.4 Å². The van der Waals surface area contributed by atoms with E-state index in [9.17, 15) is 0 Å². The average Bonchev–Trinajstić information content (AvgIpc) is 2.81. The van der Waals surface area contributed by atoms with E-state index in [2.05, 4.69) is 20.3 Å². The fourth-order valence-electron chi connectivity index (χ4n) is 3.34. The molecule has 0 aliphatic rings. The Hall–Kier alpha value is -3.16. The van der Waals surface area contributed by atoms with Crippen LogP contribution in [-0.4, -0.2) is 46.0 Å². The molecule has 2 aromatic heterocycles. The van der Waals surface area contributed by atoms with Gasteiger partial charge in [0.1, 0.15) is 22.9 Å². The number of pyridine rings is 2. The molecule has 0 unspecified atom stereocenters. The van der Waals surface area contributed by atoms with Gasteiger partial charge in [-0.15, -0.1) is 0 Å². The van der Waals surface area contributed by atoms with E-state index in [-0.39, 0.29) is 0 Å². The largest absolute Gasteiger partial charge is 0.491 e. The summed E-state index contributed by atoms with van der Waals surface area (Å²) < 4.78 is 11.5. The summed E-state index contributed by atoms with van der Waals surface area (Å²) in [6.45, 7) is 1.29. The normalized spacial score (nSPS) is 11.4. The van der Waals surface area contributed by atoms with Crippen molar-refractivity contribution < 1.29 is 19.9 Å². The Morgan fingerprint density at radius 3 is 1.38 bits per heavy atom. The molecule has 0 saturated heterocycles. The zero-order chi connectivity index (χ0) is 22.7. The van der Waals surface area contributed by atoms with Crippen molar-refractivity contribution in [3.8, 4) is 11.5 Å². The van der Waals surface area contributed by atoms with E-state index >= 15 is 0 Å². The second-order valence-electron chi connectivity index (χ2n) is 7.50. The first-order valence-corrected chi connectivity index (χ1v) is 11.4. The number of rotatable bonds is 17. The molecule has 0 atom stereocenters. The van der Waals surface area contributed by atoms with Crippen molar-refractivity contribution in [2.75, 3.05) is 13.2 Å². The average molecular weight is 443 g/mol. The molecule has 0 fully saturated rings. The van der Waals surface area contributed by atoms with E-state index in [1.807, 2.05) is 24.3 Å². The van der Waals surface area contributed by atoms with Crippen LogP contribution < -0.4 is 9.47 Å². The van der Waals surface area contributed by atoms with Gasteiger partial charge in [0.05, 0.1) is 25.6 Å². The van der Waals surface area contributed by atoms with Crippen LogP contribution in [0.2, 0.25) is 0 Å². The minimum absolute atomic E-state index is 0.541. The minimum atomic E-state index is 0.541. The summed E-state index contributed by atoms with van der Waals surface area (Å²) in [5, 5.41) is 23.3. The van der Waals surface area contributed by atoms with Crippen LogP contribution in [0.4, 0.5) is 0 Å². The lowest BCUT2D eigenvalue weighted by Gasteiger charge is -2.08. The van der Waals surface area contributed by atoms with Gasteiger partial charge in [-0.25, -0.2) is 0 Å². The van der Waals surface area contributed by atoms with Crippen molar-refractivity contribution in [2.45, 2.75) is 64.2 Å². The van der Waals surface area contributed by atoms with Crippen LogP contribution in [-0.2, 0) is 0 Å². The third-order valence-electron chi connectivity index (χ3n) is 5.01. The highest BCUT2D eigenvalue weighted by Gasteiger charge is 2.03. The Labute approximate surface area is 190 Å². The van der Waals surface area contributed by atoms with Gasteiger partial charge in [0.25, 0.3) is 0 Å². The number of hydrogen-bond donors (Lipinski definition) is 2. The Morgan fingerprint density at radius 2 is 1.00 bits per heavy atom. The molecule has 0 aliphatic carbocycles. The van der Waals surface area contributed by atoms with Crippen LogP contribution in [0, 0.1) is 0 Å². The first-order chi connectivity index (χ1) is 15.8. The van der Waals surface area contributed by atoms with Gasteiger partial charge in [0.2, 0.25) is 0 Å². The summed E-state index contributed by atoms with van der Waals surface area (Å²) in [5.41, 5.74) is 1.08. The molecule has 2 rings (SSSR count). The van der Waals surface area contributed by atoms with Gasteiger partial charge >= 0.3 is 0 Å². The monoisotopic (exact) mass is 442 g/mol. The van der Waals surface area contributed by atoms with Crippen molar-refractivity contribution in [3.05, 3.63) is 48.0 Å². The van der Waals surface area contributed by atoms with Crippen LogP contribution in [0.25, 0.3) is 0 Å². The molecule has 0 amide bonds. The van der Waals surface area contributed by atoms with Gasteiger partial charge < -0.3 is 19.9 Å².